The molecule has 5 rings (SSSR count). The summed E-state index contributed by atoms with van der Waals surface area (Å²) >= 11 is 0. The number of carbonyl (C=O) groups is 1. The van der Waals surface area contributed by atoms with Crippen molar-refractivity contribution in [2.24, 2.45) is 5.92 Å². The van der Waals surface area contributed by atoms with Gasteiger partial charge in [0.1, 0.15) is 5.82 Å². The van der Waals surface area contributed by atoms with E-state index in [9.17, 15) is 22.4 Å². The average molecular weight is 503 g/mol. The minimum absolute atomic E-state index is 0.0651. The Morgan fingerprint density at radius 1 is 1.06 bits per heavy atom. The van der Waals surface area contributed by atoms with Crippen molar-refractivity contribution in [3.05, 3.63) is 58.9 Å². The molecule has 6 nitrogen and oxygen atoms in total. The molecule has 2 aliphatic rings. The zero-order valence-electron chi connectivity index (χ0n) is 19.4. The van der Waals surface area contributed by atoms with Crippen molar-refractivity contribution in [2.45, 2.75) is 50.7 Å². The maximum absolute atomic E-state index is 14.7. The summed E-state index contributed by atoms with van der Waals surface area (Å²) in [6.07, 6.45) is -0.129. The SMILES string of the molecule is O=C(O)C1CN(Cc2ccc(-c3noc(-c4ccc(C5CCCCC5)c(C(F)(F)F)c4)n3)cc2F)C1. The zero-order chi connectivity index (χ0) is 25.4. The van der Waals surface area contributed by atoms with Crippen molar-refractivity contribution in [1.82, 2.24) is 15.0 Å². The Labute approximate surface area is 204 Å². The molecule has 36 heavy (non-hydrogen) atoms. The summed E-state index contributed by atoms with van der Waals surface area (Å²) in [4.78, 5) is 17.0. The summed E-state index contributed by atoms with van der Waals surface area (Å²) < 4.78 is 61.6. The van der Waals surface area contributed by atoms with E-state index in [0.717, 1.165) is 38.2 Å². The van der Waals surface area contributed by atoms with Crippen LogP contribution in [0.5, 0.6) is 0 Å². The number of benzene rings is 2. The number of carboxylic acids is 1. The normalized spacial score (nSPS) is 17.8. The smallest absolute Gasteiger partial charge is 0.416 e. The van der Waals surface area contributed by atoms with E-state index >= 15 is 0 Å². The molecule has 2 heterocycles. The average Bonchev–Trinajstić information content (AvgIpc) is 3.31. The lowest BCUT2D eigenvalue weighted by molar-refractivity contribution is -0.147. The number of nitrogens with zero attached hydrogens (tertiary/aromatic N) is 3. The Morgan fingerprint density at radius 2 is 1.78 bits per heavy atom. The molecular formula is C26H25F4N3O3. The van der Waals surface area contributed by atoms with E-state index in [1.54, 1.807) is 18.2 Å². The molecule has 1 aromatic heterocycles. The molecule has 0 bridgehead atoms. The molecule has 3 aromatic rings. The van der Waals surface area contributed by atoms with Crippen LogP contribution in [0, 0.1) is 11.7 Å². The first-order chi connectivity index (χ1) is 17.2. The van der Waals surface area contributed by atoms with Gasteiger partial charge in [-0.15, -0.1) is 0 Å². The van der Waals surface area contributed by atoms with Gasteiger partial charge in [-0.25, -0.2) is 4.39 Å². The van der Waals surface area contributed by atoms with E-state index in [2.05, 4.69) is 10.1 Å². The fourth-order valence-electron chi connectivity index (χ4n) is 5.07. The van der Waals surface area contributed by atoms with Gasteiger partial charge >= 0.3 is 12.1 Å². The molecule has 0 amide bonds. The van der Waals surface area contributed by atoms with Crippen LogP contribution in [0.3, 0.4) is 0 Å². The predicted octanol–water partition coefficient (Wildman–Crippen LogP) is 6.13. The first-order valence-electron chi connectivity index (χ1n) is 12.0. The Hall–Kier alpha value is -3.27. The molecule has 1 aliphatic carbocycles. The summed E-state index contributed by atoms with van der Waals surface area (Å²) in [6.45, 7) is 1.01. The number of hydrogen-bond donors (Lipinski definition) is 1. The highest BCUT2D eigenvalue weighted by molar-refractivity contribution is 5.71. The van der Waals surface area contributed by atoms with Crippen LogP contribution < -0.4 is 0 Å². The van der Waals surface area contributed by atoms with Crippen LogP contribution in [0.25, 0.3) is 22.8 Å². The van der Waals surface area contributed by atoms with Crippen LogP contribution >= 0.6 is 0 Å². The Morgan fingerprint density at radius 3 is 2.44 bits per heavy atom. The molecule has 1 saturated heterocycles. The van der Waals surface area contributed by atoms with E-state index in [1.165, 1.54) is 12.1 Å². The highest BCUT2D eigenvalue weighted by Crippen LogP contribution is 2.42. The van der Waals surface area contributed by atoms with Crippen molar-refractivity contribution in [3.8, 4) is 22.8 Å². The Bertz CT molecular complexity index is 1260. The molecule has 2 aromatic carbocycles. The lowest BCUT2D eigenvalue weighted by Gasteiger charge is -2.36. The predicted molar refractivity (Wildman–Crippen MR) is 122 cm³/mol. The lowest BCUT2D eigenvalue weighted by atomic mass is 9.81. The third kappa shape index (κ3) is 5.00. The molecule has 1 saturated carbocycles. The van der Waals surface area contributed by atoms with E-state index in [-0.39, 0.29) is 29.7 Å². The van der Waals surface area contributed by atoms with Crippen LogP contribution in [0.2, 0.25) is 0 Å². The summed E-state index contributed by atoms with van der Waals surface area (Å²) in [5.41, 5.74) is 0.509. The number of likely N-dealkylation sites (tertiary alicyclic amines) is 1. The van der Waals surface area contributed by atoms with Crippen molar-refractivity contribution in [3.63, 3.8) is 0 Å². The largest absolute Gasteiger partial charge is 0.481 e. The maximum atomic E-state index is 14.7. The van der Waals surface area contributed by atoms with E-state index in [0.29, 0.717) is 29.8 Å². The molecule has 0 spiro atoms. The second-order valence-corrected chi connectivity index (χ2v) is 9.59. The monoisotopic (exact) mass is 503 g/mol. The molecule has 2 fully saturated rings. The standard InChI is InChI=1S/C26H25F4N3O3/c27-22-11-16(6-7-18(22)12-33-13-19(14-33)25(34)35)23-31-24(36-32-23)17-8-9-20(15-4-2-1-3-5-15)21(10-17)26(28,29)30/h6-11,15,19H,1-5,12-14H2,(H,34,35). The van der Waals surface area contributed by atoms with Crippen LogP contribution in [-0.4, -0.2) is 39.2 Å². The van der Waals surface area contributed by atoms with Gasteiger partial charge in [0.25, 0.3) is 5.89 Å². The minimum atomic E-state index is -4.51. The van der Waals surface area contributed by atoms with E-state index in [4.69, 9.17) is 9.63 Å². The first kappa shape index (κ1) is 24.4. The van der Waals surface area contributed by atoms with Gasteiger partial charge in [0.2, 0.25) is 5.82 Å². The van der Waals surface area contributed by atoms with Crippen LogP contribution in [0.15, 0.2) is 40.9 Å². The third-order valence-electron chi connectivity index (χ3n) is 7.09. The number of alkyl halides is 3. The highest BCUT2D eigenvalue weighted by atomic mass is 19.4. The van der Waals surface area contributed by atoms with Crippen molar-refractivity contribution >= 4 is 5.97 Å². The number of carboxylic acid groups (broad SMARTS) is 1. The summed E-state index contributed by atoms with van der Waals surface area (Å²) in [5, 5.41) is 12.8. The van der Waals surface area contributed by atoms with Crippen molar-refractivity contribution in [1.29, 1.82) is 0 Å². The van der Waals surface area contributed by atoms with Gasteiger partial charge in [0.05, 0.1) is 11.5 Å². The van der Waals surface area contributed by atoms with Gasteiger partial charge in [-0.3, -0.25) is 9.69 Å². The molecule has 0 unspecified atom stereocenters. The van der Waals surface area contributed by atoms with Crippen LogP contribution in [-0.2, 0) is 17.5 Å². The van der Waals surface area contributed by atoms with Gasteiger partial charge < -0.3 is 9.63 Å². The number of hydrogen-bond acceptors (Lipinski definition) is 5. The van der Waals surface area contributed by atoms with Gasteiger partial charge in [-0.1, -0.05) is 42.6 Å². The molecule has 0 radical (unpaired) electrons. The molecule has 10 heteroatoms. The number of aromatic nitrogens is 2. The fraction of sp³-hybridized carbons (Fsp3) is 0.423. The van der Waals surface area contributed by atoms with Gasteiger partial charge in [0, 0.05) is 36.3 Å². The second kappa shape index (κ2) is 9.65. The van der Waals surface area contributed by atoms with Crippen LogP contribution in [0.4, 0.5) is 17.6 Å². The highest BCUT2D eigenvalue weighted by Gasteiger charge is 2.36. The first-order valence-corrected chi connectivity index (χ1v) is 12.0. The quantitative estimate of drug-likeness (QED) is 0.408. The number of rotatable bonds is 6. The van der Waals surface area contributed by atoms with Crippen molar-refractivity contribution in [2.75, 3.05) is 13.1 Å². The molecule has 1 N–H and O–H groups in total. The molecule has 190 valence electrons. The van der Waals surface area contributed by atoms with Gasteiger partial charge in [0.15, 0.2) is 0 Å². The molecular weight excluding hydrogens is 478 g/mol. The Balaban J connectivity index is 1.35. The molecule has 1 aliphatic heterocycles. The number of aliphatic carboxylic acids is 1. The lowest BCUT2D eigenvalue weighted by Crippen LogP contribution is -2.49. The van der Waals surface area contributed by atoms with Gasteiger partial charge in [-0.05, 0) is 42.5 Å². The Kier molecular flexibility index (Phi) is 6.55. The summed E-state index contributed by atoms with van der Waals surface area (Å²) in [7, 11) is 0. The maximum Gasteiger partial charge on any atom is 0.416 e. The van der Waals surface area contributed by atoms with E-state index < -0.39 is 29.4 Å². The second-order valence-electron chi connectivity index (χ2n) is 9.59. The van der Waals surface area contributed by atoms with Crippen LogP contribution in [0.1, 0.15) is 54.7 Å². The van der Waals surface area contributed by atoms with E-state index in [1.807, 2.05) is 4.90 Å². The minimum Gasteiger partial charge on any atom is -0.481 e. The van der Waals surface area contributed by atoms with Crippen molar-refractivity contribution < 1.29 is 32.0 Å². The number of halogens is 4. The summed E-state index contributed by atoms with van der Waals surface area (Å²) in [5.74, 6) is -1.92. The summed E-state index contributed by atoms with van der Waals surface area (Å²) in [6, 6.07) is 8.55. The molecule has 0 atom stereocenters. The fourth-order valence-corrected chi connectivity index (χ4v) is 5.07. The van der Waals surface area contributed by atoms with Gasteiger partial charge in [-0.2, -0.15) is 18.2 Å². The topological polar surface area (TPSA) is 79.5 Å². The zero-order valence-corrected chi connectivity index (χ0v) is 19.4. The third-order valence-corrected chi connectivity index (χ3v) is 7.09.